The molecule has 106 valence electrons. The third kappa shape index (κ3) is 3.78. The minimum absolute atomic E-state index is 0.0453. The molecular formula is C16H21N3O. The van der Waals surface area contributed by atoms with Crippen LogP contribution in [0, 0.1) is 0 Å². The highest BCUT2D eigenvalue weighted by atomic mass is 16.3. The molecule has 0 spiro atoms. The number of rotatable bonds is 6. The van der Waals surface area contributed by atoms with Gasteiger partial charge < -0.3 is 10.0 Å². The van der Waals surface area contributed by atoms with Crippen LogP contribution in [-0.4, -0.2) is 22.1 Å². The van der Waals surface area contributed by atoms with Crippen LogP contribution in [0.2, 0.25) is 0 Å². The number of anilines is 1. The van der Waals surface area contributed by atoms with Gasteiger partial charge in [0.05, 0.1) is 18.8 Å². The van der Waals surface area contributed by atoms with E-state index in [2.05, 4.69) is 21.8 Å². The normalized spacial score (nSPS) is 10.6. The maximum Gasteiger partial charge on any atom is 0.129 e. The average Bonchev–Trinajstić information content (AvgIpc) is 2.48. The molecule has 1 N–H and O–H groups in total. The summed E-state index contributed by atoms with van der Waals surface area (Å²) in [5.41, 5.74) is 2.94. The van der Waals surface area contributed by atoms with Crippen molar-refractivity contribution >= 4 is 5.82 Å². The molecule has 4 heteroatoms. The Hall–Kier alpha value is -1.94. The number of aliphatic hydroxyl groups is 1. The van der Waals surface area contributed by atoms with Crippen LogP contribution in [0.3, 0.4) is 0 Å². The number of hydrogen-bond acceptors (Lipinski definition) is 4. The SMILES string of the molecule is CCCc1cc(CO)cc(N(C)Cc2ccccn2)n1. The molecule has 20 heavy (non-hydrogen) atoms. The number of aromatic nitrogens is 2. The van der Waals surface area contributed by atoms with Crippen LogP contribution < -0.4 is 4.90 Å². The van der Waals surface area contributed by atoms with Crippen molar-refractivity contribution in [3.63, 3.8) is 0 Å². The van der Waals surface area contributed by atoms with Gasteiger partial charge in [0, 0.05) is 18.9 Å². The molecule has 0 bridgehead atoms. The Kier molecular flexibility index (Phi) is 5.07. The van der Waals surface area contributed by atoms with Crippen molar-refractivity contribution in [2.24, 2.45) is 0 Å². The third-order valence-electron chi connectivity index (χ3n) is 3.13. The van der Waals surface area contributed by atoms with Gasteiger partial charge in [-0.3, -0.25) is 4.98 Å². The van der Waals surface area contributed by atoms with Crippen molar-refractivity contribution in [1.82, 2.24) is 9.97 Å². The van der Waals surface area contributed by atoms with Crippen LogP contribution in [-0.2, 0) is 19.6 Å². The Morgan fingerprint density at radius 1 is 1.20 bits per heavy atom. The van der Waals surface area contributed by atoms with Crippen molar-refractivity contribution in [2.75, 3.05) is 11.9 Å². The summed E-state index contributed by atoms with van der Waals surface area (Å²) in [6.07, 6.45) is 3.77. The minimum atomic E-state index is 0.0453. The Labute approximate surface area is 120 Å². The molecule has 0 aromatic carbocycles. The van der Waals surface area contributed by atoms with Gasteiger partial charge in [0.15, 0.2) is 0 Å². The highest BCUT2D eigenvalue weighted by molar-refractivity contribution is 5.42. The fraction of sp³-hybridized carbons (Fsp3) is 0.375. The van der Waals surface area contributed by atoms with E-state index >= 15 is 0 Å². The summed E-state index contributed by atoms with van der Waals surface area (Å²) < 4.78 is 0. The first-order valence-corrected chi connectivity index (χ1v) is 6.94. The highest BCUT2D eigenvalue weighted by Gasteiger charge is 2.08. The lowest BCUT2D eigenvalue weighted by atomic mass is 10.1. The zero-order valence-corrected chi connectivity index (χ0v) is 12.1. The molecule has 2 aromatic heterocycles. The standard InChI is InChI=1S/C16H21N3O/c1-3-6-14-9-13(12-20)10-16(18-14)19(2)11-15-7-4-5-8-17-15/h4-5,7-10,20H,3,6,11-12H2,1-2H3. The Balaban J connectivity index is 2.19. The molecule has 0 aliphatic carbocycles. The predicted octanol–water partition coefficient (Wildman–Crippen LogP) is 2.56. The van der Waals surface area contributed by atoms with Gasteiger partial charge in [-0.2, -0.15) is 0 Å². The molecule has 4 nitrogen and oxygen atoms in total. The van der Waals surface area contributed by atoms with Crippen LogP contribution in [0.4, 0.5) is 5.82 Å². The summed E-state index contributed by atoms with van der Waals surface area (Å²) in [7, 11) is 1.99. The summed E-state index contributed by atoms with van der Waals surface area (Å²) in [6.45, 7) is 2.88. The average molecular weight is 271 g/mol. The molecule has 2 aromatic rings. The van der Waals surface area contributed by atoms with E-state index in [-0.39, 0.29) is 6.61 Å². The summed E-state index contributed by atoms with van der Waals surface area (Å²) in [6, 6.07) is 9.80. The zero-order valence-electron chi connectivity index (χ0n) is 12.1. The van der Waals surface area contributed by atoms with Crippen molar-refractivity contribution < 1.29 is 5.11 Å². The van der Waals surface area contributed by atoms with E-state index in [9.17, 15) is 5.11 Å². The largest absolute Gasteiger partial charge is 0.392 e. The van der Waals surface area contributed by atoms with Crippen LogP contribution in [0.25, 0.3) is 0 Å². The predicted molar refractivity (Wildman–Crippen MR) is 80.5 cm³/mol. The van der Waals surface area contributed by atoms with Gasteiger partial charge in [0.1, 0.15) is 5.82 Å². The minimum Gasteiger partial charge on any atom is -0.392 e. The second-order valence-electron chi connectivity index (χ2n) is 4.91. The van der Waals surface area contributed by atoms with Crippen LogP contribution >= 0.6 is 0 Å². The van der Waals surface area contributed by atoms with Crippen molar-refractivity contribution in [3.05, 3.63) is 53.5 Å². The first kappa shape index (κ1) is 14.5. The Morgan fingerprint density at radius 2 is 2.05 bits per heavy atom. The van der Waals surface area contributed by atoms with Crippen molar-refractivity contribution in [2.45, 2.75) is 32.9 Å². The lowest BCUT2D eigenvalue weighted by Gasteiger charge is -2.19. The van der Waals surface area contributed by atoms with Crippen molar-refractivity contribution in [1.29, 1.82) is 0 Å². The summed E-state index contributed by atoms with van der Waals surface area (Å²) >= 11 is 0. The van der Waals surface area contributed by atoms with Crippen LogP contribution in [0.15, 0.2) is 36.5 Å². The van der Waals surface area contributed by atoms with E-state index in [1.165, 1.54) is 0 Å². The molecule has 0 aliphatic heterocycles. The molecule has 0 saturated heterocycles. The monoisotopic (exact) mass is 271 g/mol. The molecule has 0 aliphatic rings. The topological polar surface area (TPSA) is 49.2 Å². The van der Waals surface area contributed by atoms with Gasteiger partial charge in [-0.25, -0.2) is 4.98 Å². The molecular weight excluding hydrogens is 250 g/mol. The van der Waals surface area contributed by atoms with E-state index in [4.69, 9.17) is 0 Å². The quantitative estimate of drug-likeness (QED) is 0.877. The van der Waals surface area contributed by atoms with E-state index in [1.54, 1.807) is 6.20 Å². The first-order chi connectivity index (χ1) is 9.72. The Bertz CT molecular complexity index is 543. The van der Waals surface area contributed by atoms with Gasteiger partial charge >= 0.3 is 0 Å². The van der Waals surface area contributed by atoms with Gasteiger partial charge in [-0.15, -0.1) is 0 Å². The van der Waals surface area contributed by atoms with Gasteiger partial charge in [0.25, 0.3) is 0 Å². The maximum atomic E-state index is 9.37. The Morgan fingerprint density at radius 3 is 2.70 bits per heavy atom. The smallest absolute Gasteiger partial charge is 0.129 e. The number of nitrogens with zero attached hydrogens (tertiary/aromatic N) is 3. The molecule has 0 unspecified atom stereocenters. The summed E-state index contributed by atoms with van der Waals surface area (Å²) in [5.74, 6) is 0.880. The van der Waals surface area contributed by atoms with Gasteiger partial charge in [0.2, 0.25) is 0 Å². The molecule has 2 rings (SSSR count). The fourth-order valence-electron chi connectivity index (χ4n) is 2.12. The first-order valence-electron chi connectivity index (χ1n) is 6.94. The highest BCUT2D eigenvalue weighted by Crippen LogP contribution is 2.17. The molecule has 0 saturated carbocycles. The number of hydrogen-bond donors (Lipinski definition) is 1. The van der Waals surface area contributed by atoms with E-state index in [1.807, 2.05) is 37.4 Å². The number of pyridine rings is 2. The lowest BCUT2D eigenvalue weighted by molar-refractivity contribution is 0.281. The van der Waals surface area contributed by atoms with Crippen molar-refractivity contribution in [3.8, 4) is 0 Å². The van der Waals surface area contributed by atoms with Gasteiger partial charge in [-0.05, 0) is 36.2 Å². The van der Waals surface area contributed by atoms with Crippen LogP contribution in [0.1, 0.15) is 30.3 Å². The molecule has 0 amide bonds. The molecule has 2 heterocycles. The number of aryl methyl sites for hydroxylation is 1. The zero-order chi connectivity index (χ0) is 14.4. The van der Waals surface area contributed by atoms with E-state index in [0.29, 0.717) is 6.54 Å². The summed E-state index contributed by atoms with van der Waals surface area (Å²) in [4.78, 5) is 11.0. The maximum absolute atomic E-state index is 9.37. The number of aliphatic hydroxyl groups excluding tert-OH is 1. The summed E-state index contributed by atoms with van der Waals surface area (Å²) in [5, 5.41) is 9.37. The third-order valence-corrected chi connectivity index (χ3v) is 3.13. The molecule has 0 atom stereocenters. The molecule has 0 fully saturated rings. The van der Waals surface area contributed by atoms with E-state index < -0.39 is 0 Å². The van der Waals surface area contributed by atoms with E-state index in [0.717, 1.165) is 35.6 Å². The van der Waals surface area contributed by atoms with Crippen LogP contribution in [0.5, 0.6) is 0 Å². The fourth-order valence-corrected chi connectivity index (χ4v) is 2.12. The second kappa shape index (κ2) is 7.01. The second-order valence-corrected chi connectivity index (χ2v) is 4.91. The lowest BCUT2D eigenvalue weighted by Crippen LogP contribution is -2.19. The molecule has 0 radical (unpaired) electrons. The van der Waals surface area contributed by atoms with Gasteiger partial charge in [-0.1, -0.05) is 19.4 Å².